The van der Waals surface area contributed by atoms with Gasteiger partial charge in [0.05, 0.1) is 0 Å². The molecule has 2 rings (SSSR count). The molecule has 0 fully saturated rings. The van der Waals surface area contributed by atoms with Crippen LogP contribution in [0.4, 0.5) is 0 Å². The van der Waals surface area contributed by atoms with Gasteiger partial charge in [0.1, 0.15) is 0 Å². The van der Waals surface area contributed by atoms with Gasteiger partial charge in [-0.1, -0.05) is 29.8 Å². The van der Waals surface area contributed by atoms with Crippen molar-refractivity contribution < 1.29 is 0 Å². The van der Waals surface area contributed by atoms with Crippen LogP contribution in [0.25, 0.3) is 5.57 Å². The van der Waals surface area contributed by atoms with Crippen molar-refractivity contribution >= 4 is 5.57 Å². The first-order valence-electron chi connectivity index (χ1n) is 4.23. The predicted molar refractivity (Wildman–Crippen MR) is 51.8 cm³/mol. The molecule has 1 nitrogen and oxygen atoms in total. The van der Waals surface area contributed by atoms with E-state index in [0.29, 0.717) is 0 Å². The van der Waals surface area contributed by atoms with E-state index in [9.17, 15) is 0 Å². The molecule has 0 aromatic heterocycles. The zero-order valence-corrected chi connectivity index (χ0v) is 7.46. The molecular weight excluding hydrogens is 146 g/mol. The number of fused-ring (bicyclic) bond motifs is 1. The molecule has 62 valence electrons. The third kappa shape index (κ3) is 0.978. The summed E-state index contributed by atoms with van der Waals surface area (Å²) in [6, 6.07) is 6.56. The van der Waals surface area contributed by atoms with Gasteiger partial charge >= 0.3 is 0 Å². The zero-order chi connectivity index (χ0) is 8.72. The highest BCUT2D eigenvalue weighted by Crippen LogP contribution is 2.32. The van der Waals surface area contributed by atoms with Gasteiger partial charge in [0.25, 0.3) is 0 Å². The Kier molecular flexibility index (Phi) is 1.55. The molecule has 1 aliphatic rings. The molecule has 1 aliphatic carbocycles. The van der Waals surface area contributed by atoms with Gasteiger partial charge in [-0.25, -0.2) is 0 Å². The van der Waals surface area contributed by atoms with E-state index in [2.05, 4.69) is 38.1 Å². The standard InChI is InChI=1S/C11H13N/c1-7-3-4-9-10(5-7)8(2)6-11(9)12/h3-6,11H,12H2,1-2H3. The van der Waals surface area contributed by atoms with Gasteiger partial charge in [0.15, 0.2) is 0 Å². The van der Waals surface area contributed by atoms with Crippen LogP contribution in [0.3, 0.4) is 0 Å². The van der Waals surface area contributed by atoms with Crippen molar-refractivity contribution in [2.75, 3.05) is 0 Å². The lowest BCUT2D eigenvalue weighted by Crippen LogP contribution is -2.04. The van der Waals surface area contributed by atoms with Crippen molar-refractivity contribution in [3.8, 4) is 0 Å². The van der Waals surface area contributed by atoms with Gasteiger partial charge < -0.3 is 5.73 Å². The van der Waals surface area contributed by atoms with Crippen LogP contribution in [0, 0.1) is 6.92 Å². The fourth-order valence-corrected chi connectivity index (χ4v) is 1.75. The predicted octanol–water partition coefficient (Wildman–Crippen LogP) is 2.41. The van der Waals surface area contributed by atoms with Crippen molar-refractivity contribution in [3.63, 3.8) is 0 Å². The van der Waals surface area contributed by atoms with E-state index in [0.717, 1.165) is 0 Å². The van der Waals surface area contributed by atoms with E-state index in [-0.39, 0.29) is 6.04 Å². The van der Waals surface area contributed by atoms with Crippen LogP contribution < -0.4 is 5.73 Å². The highest BCUT2D eigenvalue weighted by molar-refractivity contribution is 5.73. The third-order valence-corrected chi connectivity index (χ3v) is 2.42. The second kappa shape index (κ2) is 2.46. The van der Waals surface area contributed by atoms with Crippen molar-refractivity contribution in [1.82, 2.24) is 0 Å². The fraction of sp³-hybridized carbons (Fsp3) is 0.273. The molecule has 0 saturated carbocycles. The molecule has 2 N–H and O–H groups in total. The summed E-state index contributed by atoms with van der Waals surface area (Å²) < 4.78 is 0. The number of benzene rings is 1. The van der Waals surface area contributed by atoms with Gasteiger partial charge in [-0.05, 0) is 30.5 Å². The Balaban J connectivity index is 2.61. The quantitative estimate of drug-likeness (QED) is 0.618. The van der Waals surface area contributed by atoms with Crippen LogP contribution in [0.15, 0.2) is 24.3 Å². The molecule has 1 unspecified atom stereocenters. The molecule has 1 atom stereocenters. The molecule has 0 saturated heterocycles. The maximum atomic E-state index is 5.91. The van der Waals surface area contributed by atoms with Crippen molar-refractivity contribution in [2.45, 2.75) is 19.9 Å². The maximum Gasteiger partial charge on any atom is 0.0493 e. The fourth-order valence-electron chi connectivity index (χ4n) is 1.75. The summed E-state index contributed by atoms with van der Waals surface area (Å²) in [5.41, 5.74) is 11.1. The number of aryl methyl sites for hydroxylation is 1. The Morgan fingerprint density at radius 2 is 2.00 bits per heavy atom. The molecule has 0 aliphatic heterocycles. The number of hydrogen-bond acceptors (Lipinski definition) is 1. The lowest BCUT2D eigenvalue weighted by molar-refractivity contribution is 0.930. The lowest BCUT2D eigenvalue weighted by atomic mass is 10.0. The second-order valence-corrected chi connectivity index (χ2v) is 3.47. The summed E-state index contributed by atoms with van der Waals surface area (Å²) in [7, 11) is 0. The Hall–Kier alpha value is -1.08. The largest absolute Gasteiger partial charge is 0.321 e. The minimum Gasteiger partial charge on any atom is -0.321 e. The minimum absolute atomic E-state index is 0.112. The molecule has 0 heterocycles. The minimum atomic E-state index is 0.112. The Morgan fingerprint density at radius 3 is 2.75 bits per heavy atom. The van der Waals surface area contributed by atoms with Gasteiger partial charge in [-0.3, -0.25) is 0 Å². The van der Waals surface area contributed by atoms with Crippen LogP contribution in [0.5, 0.6) is 0 Å². The Labute approximate surface area is 72.9 Å². The molecule has 1 aromatic rings. The number of nitrogens with two attached hydrogens (primary N) is 1. The van der Waals surface area contributed by atoms with Crippen LogP contribution in [0.2, 0.25) is 0 Å². The highest BCUT2D eigenvalue weighted by atomic mass is 14.6. The number of hydrogen-bond donors (Lipinski definition) is 1. The van der Waals surface area contributed by atoms with Gasteiger partial charge in [0.2, 0.25) is 0 Å². The summed E-state index contributed by atoms with van der Waals surface area (Å²) in [5.74, 6) is 0. The Morgan fingerprint density at radius 1 is 1.25 bits per heavy atom. The van der Waals surface area contributed by atoms with E-state index in [4.69, 9.17) is 5.73 Å². The van der Waals surface area contributed by atoms with Crippen LogP contribution in [0.1, 0.15) is 29.7 Å². The SMILES string of the molecule is CC1=CC(N)c2ccc(C)cc21. The molecule has 0 amide bonds. The molecular formula is C11H13N. The lowest BCUT2D eigenvalue weighted by Gasteiger charge is -2.05. The second-order valence-electron chi connectivity index (χ2n) is 3.47. The number of rotatable bonds is 0. The van der Waals surface area contributed by atoms with E-state index in [1.54, 1.807) is 0 Å². The summed E-state index contributed by atoms with van der Waals surface area (Å²) in [5, 5.41) is 0. The third-order valence-electron chi connectivity index (χ3n) is 2.42. The van der Waals surface area contributed by atoms with Gasteiger partial charge in [-0.2, -0.15) is 0 Å². The summed E-state index contributed by atoms with van der Waals surface area (Å²) in [6.45, 7) is 4.22. The monoisotopic (exact) mass is 159 g/mol. The van der Waals surface area contributed by atoms with Gasteiger partial charge in [0, 0.05) is 6.04 Å². The first kappa shape index (κ1) is 7.56. The van der Waals surface area contributed by atoms with E-state index in [1.165, 1.54) is 22.3 Å². The number of allylic oxidation sites excluding steroid dienone is 1. The molecule has 0 spiro atoms. The summed E-state index contributed by atoms with van der Waals surface area (Å²) in [6.07, 6.45) is 2.12. The van der Waals surface area contributed by atoms with E-state index >= 15 is 0 Å². The van der Waals surface area contributed by atoms with Crippen LogP contribution in [-0.2, 0) is 0 Å². The topological polar surface area (TPSA) is 26.0 Å². The van der Waals surface area contributed by atoms with Crippen molar-refractivity contribution in [2.24, 2.45) is 5.73 Å². The van der Waals surface area contributed by atoms with Crippen LogP contribution >= 0.6 is 0 Å². The highest BCUT2D eigenvalue weighted by Gasteiger charge is 2.16. The van der Waals surface area contributed by atoms with Crippen molar-refractivity contribution in [1.29, 1.82) is 0 Å². The molecule has 12 heavy (non-hydrogen) atoms. The maximum absolute atomic E-state index is 5.91. The van der Waals surface area contributed by atoms with E-state index in [1.807, 2.05) is 0 Å². The molecule has 1 heteroatoms. The van der Waals surface area contributed by atoms with Crippen LogP contribution in [-0.4, -0.2) is 0 Å². The normalized spacial score (nSPS) is 20.6. The average Bonchev–Trinajstić information content (AvgIpc) is 2.28. The molecule has 0 bridgehead atoms. The molecule has 1 aromatic carbocycles. The summed E-state index contributed by atoms with van der Waals surface area (Å²) in [4.78, 5) is 0. The van der Waals surface area contributed by atoms with E-state index < -0.39 is 0 Å². The average molecular weight is 159 g/mol. The molecule has 0 radical (unpaired) electrons. The smallest absolute Gasteiger partial charge is 0.0493 e. The summed E-state index contributed by atoms with van der Waals surface area (Å²) >= 11 is 0. The van der Waals surface area contributed by atoms with Gasteiger partial charge in [-0.15, -0.1) is 0 Å². The first-order valence-corrected chi connectivity index (χ1v) is 4.23. The zero-order valence-electron chi connectivity index (χ0n) is 7.46. The Bertz CT molecular complexity index is 350. The van der Waals surface area contributed by atoms with Crippen molar-refractivity contribution in [3.05, 3.63) is 41.0 Å². The first-order chi connectivity index (χ1) is 5.68.